The van der Waals surface area contributed by atoms with Crippen molar-refractivity contribution in [1.82, 2.24) is 9.88 Å². The van der Waals surface area contributed by atoms with Crippen molar-refractivity contribution in [2.75, 3.05) is 6.54 Å². The molecule has 0 amide bonds. The van der Waals surface area contributed by atoms with Gasteiger partial charge in [-0.25, -0.2) is 0 Å². The highest BCUT2D eigenvalue weighted by Crippen LogP contribution is 2.35. The Morgan fingerprint density at radius 3 is 2.48 bits per heavy atom. The first-order valence-corrected chi connectivity index (χ1v) is 10.5. The molecule has 1 saturated heterocycles. The topological polar surface area (TPSA) is 53.4 Å². The van der Waals surface area contributed by atoms with Gasteiger partial charge in [0.05, 0.1) is 11.6 Å². The fourth-order valence-corrected chi connectivity index (χ4v) is 4.40. The monoisotopic (exact) mass is 388 g/mol. The fraction of sp³-hybridized carbons (Fsp3) is 0.360. The Morgan fingerprint density at radius 1 is 1.03 bits per heavy atom. The van der Waals surface area contributed by atoms with Gasteiger partial charge in [0, 0.05) is 11.6 Å². The first-order chi connectivity index (χ1) is 14.0. The van der Waals surface area contributed by atoms with E-state index in [9.17, 15) is 9.90 Å². The van der Waals surface area contributed by atoms with E-state index in [1.165, 1.54) is 5.56 Å². The van der Waals surface area contributed by atoms with E-state index in [-0.39, 0.29) is 6.04 Å². The highest BCUT2D eigenvalue weighted by atomic mass is 16.4. The van der Waals surface area contributed by atoms with Gasteiger partial charge in [-0.15, -0.1) is 0 Å². The Hall–Kier alpha value is -2.72. The number of rotatable bonds is 5. The van der Waals surface area contributed by atoms with Crippen LogP contribution in [-0.2, 0) is 4.79 Å². The van der Waals surface area contributed by atoms with Gasteiger partial charge in [-0.3, -0.25) is 14.7 Å². The maximum absolute atomic E-state index is 12.0. The molecule has 4 heteroatoms. The van der Waals surface area contributed by atoms with Crippen molar-refractivity contribution in [2.45, 2.75) is 51.1 Å². The number of piperidine rings is 1. The lowest BCUT2D eigenvalue weighted by Crippen LogP contribution is -2.46. The molecule has 1 aliphatic heterocycles. The lowest BCUT2D eigenvalue weighted by atomic mass is 9.90. The molecule has 3 aromatic rings. The number of hydrogen-bond acceptors (Lipinski definition) is 3. The van der Waals surface area contributed by atoms with Crippen LogP contribution in [0.15, 0.2) is 60.8 Å². The van der Waals surface area contributed by atoms with Crippen LogP contribution >= 0.6 is 0 Å². The smallest absolute Gasteiger partial charge is 0.320 e. The highest BCUT2D eigenvalue weighted by molar-refractivity contribution is 5.79. The van der Waals surface area contributed by atoms with Crippen molar-refractivity contribution in [3.05, 3.63) is 77.5 Å². The predicted octanol–water partition coefficient (Wildman–Crippen LogP) is 5.39. The summed E-state index contributed by atoms with van der Waals surface area (Å²) in [7, 11) is 0. The molecule has 0 aliphatic carbocycles. The van der Waals surface area contributed by atoms with E-state index in [4.69, 9.17) is 0 Å². The van der Waals surface area contributed by atoms with Crippen LogP contribution in [-0.4, -0.2) is 33.5 Å². The molecule has 1 N–H and O–H groups in total. The molecule has 4 rings (SSSR count). The summed E-state index contributed by atoms with van der Waals surface area (Å²) < 4.78 is 0. The van der Waals surface area contributed by atoms with E-state index < -0.39 is 12.0 Å². The van der Waals surface area contributed by atoms with Crippen LogP contribution in [0.4, 0.5) is 0 Å². The summed E-state index contributed by atoms with van der Waals surface area (Å²) in [6, 6.07) is 18.3. The zero-order valence-electron chi connectivity index (χ0n) is 17.1. The first-order valence-electron chi connectivity index (χ1n) is 10.5. The molecule has 2 unspecified atom stereocenters. The molecule has 4 nitrogen and oxygen atoms in total. The molecular formula is C25H28N2O2. The Balaban J connectivity index is 1.82. The molecule has 0 spiro atoms. The zero-order valence-corrected chi connectivity index (χ0v) is 17.1. The SMILES string of the molecule is CC(C)c1ccc(C(c2cnc3ccccc3c2)N2CCCCC2C(=O)O)cc1. The summed E-state index contributed by atoms with van der Waals surface area (Å²) in [5.74, 6) is -0.270. The molecule has 1 aromatic heterocycles. The molecule has 2 atom stereocenters. The summed E-state index contributed by atoms with van der Waals surface area (Å²) in [5, 5.41) is 11.0. The number of carbonyl (C=O) groups is 1. The molecular weight excluding hydrogens is 360 g/mol. The largest absolute Gasteiger partial charge is 0.480 e. The fourth-order valence-electron chi connectivity index (χ4n) is 4.40. The lowest BCUT2D eigenvalue weighted by molar-refractivity contribution is -0.145. The second-order valence-corrected chi connectivity index (χ2v) is 8.27. The van der Waals surface area contributed by atoms with Crippen molar-refractivity contribution in [3.8, 4) is 0 Å². The molecule has 0 bridgehead atoms. The first kappa shape index (κ1) is 19.6. The van der Waals surface area contributed by atoms with E-state index in [0.717, 1.165) is 41.4 Å². The van der Waals surface area contributed by atoms with Gasteiger partial charge in [-0.1, -0.05) is 62.7 Å². The third-order valence-corrected chi connectivity index (χ3v) is 6.01. The minimum absolute atomic E-state index is 0.116. The van der Waals surface area contributed by atoms with Crippen molar-refractivity contribution in [2.24, 2.45) is 0 Å². The standard InChI is InChI=1S/C25H28N2O2/c1-17(2)18-10-12-19(13-11-18)24(27-14-6-5-9-23(27)25(28)29)21-15-20-7-3-4-8-22(20)26-16-21/h3-4,7-8,10-13,15-17,23-24H,5-6,9,14H2,1-2H3,(H,28,29). The molecule has 0 radical (unpaired) electrons. The van der Waals surface area contributed by atoms with Crippen molar-refractivity contribution in [3.63, 3.8) is 0 Å². The van der Waals surface area contributed by atoms with E-state index in [0.29, 0.717) is 12.3 Å². The number of fused-ring (bicyclic) bond motifs is 1. The molecule has 2 aromatic carbocycles. The van der Waals surface area contributed by atoms with Crippen molar-refractivity contribution < 1.29 is 9.90 Å². The molecule has 1 fully saturated rings. The number of benzene rings is 2. The number of pyridine rings is 1. The van der Waals surface area contributed by atoms with E-state index in [1.807, 2.05) is 24.4 Å². The molecule has 1 aliphatic rings. The van der Waals surface area contributed by atoms with E-state index in [2.05, 4.69) is 60.1 Å². The number of hydrogen-bond donors (Lipinski definition) is 1. The van der Waals surface area contributed by atoms with Gasteiger partial charge in [-0.2, -0.15) is 0 Å². The summed E-state index contributed by atoms with van der Waals surface area (Å²) in [6.45, 7) is 5.15. The van der Waals surface area contributed by atoms with Crippen LogP contribution in [0, 0.1) is 0 Å². The van der Waals surface area contributed by atoms with Crippen molar-refractivity contribution in [1.29, 1.82) is 0 Å². The van der Waals surface area contributed by atoms with Crippen molar-refractivity contribution >= 4 is 16.9 Å². The number of carboxylic acids is 1. The van der Waals surface area contributed by atoms with Crippen LogP contribution in [0.2, 0.25) is 0 Å². The Labute approximate surface area is 172 Å². The zero-order chi connectivity index (χ0) is 20.4. The normalized spacial score (nSPS) is 18.8. The number of aliphatic carboxylic acids is 1. The summed E-state index contributed by atoms with van der Waals surface area (Å²) >= 11 is 0. The Kier molecular flexibility index (Phi) is 5.63. The van der Waals surface area contributed by atoms with Gasteiger partial charge >= 0.3 is 5.97 Å². The van der Waals surface area contributed by atoms with E-state index >= 15 is 0 Å². The number of nitrogens with zero attached hydrogens (tertiary/aromatic N) is 2. The Bertz CT molecular complexity index is 997. The molecule has 150 valence electrons. The number of carboxylic acid groups (broad SMARTS) is 1. The van der Waals surface area contributed by atoms with Gasteiger partial charge in [-0.05, 0) is 54.1 Å². The van der Waals surface area contributed by atoms with Crippen LogP contribution in [0.5, 0.6) is 0 Å². The third-order valence-electron chi connectivity index (χ3n) is 6.01. The number of para-hydroxylation sites is 1. The van der Waals surface area contributed by atoms with Crippen LogP contribution in [0.1, 0.15) is 61.8 Å². The van der Waals surface area contributed by atoms with Gasteiger partial charge in [0.15, 0.2) is 0 Å². The molecule has 2 heterocycles. The number of likely N-dealkylation sites (tertiary alicyclic amines) is 1. The maximum atomic E-state index is 12.0. The van der Waals surface area contributed by atoms with E-state index in [1.54, 1.807) is 0 Å². The average molecular weight is 389 g/mol. The summed E-state index contributed by atoms with van der Waals surface area (Å²) in [4.78, 5) is 18.8. The minimum atomic E-state index is -0.734. The second kappa shape index (κ2) is 8.34. The van der Waals surface area contributed by atoms with Crippen LogP contribution in [0.25, 0.3) is 10.9 Å². The van der Waals surface area contributed by atoms with Crippen LogP contribution in [0.3, 0.4) is 0 Å². The quantitative estimate of drug-likeness (QED) is 0.637. The Morgan fingerprint density at radius 2 is 1.76 bits per heavy atom. The maximum Gasteiger partial charge on any atom is 0.320 e. The van der Waals surface area contributed by atoms with Gasteiger partial charge in [0.2, 0.25) is 0 Å². The number of aromatic nitrogens is 1. The second-order valence-electron chi connectivity index (χ2n) is 8.27. The molecule has 29 heavy (non-hydrogen) atoms. The lowest BCUT2D eigenvalue weighted by Gasteiger charge is -2.39. The van der Waals surface area contributed by atoms with Crippen LogP contribution < -0.4 is 0 Å². The highest BCUT2D eigenvalue weighted by Gasteiger charge is 2.35. The van der Waals surface area contributed by atoms with Gasteiger partial charge < -0.3 is 5.11 Å². The average Bonchev–Trinajstić information content (AvgIpc) is 2.74. The van der Waals surface area contributed by atoms with Gasteiger partial charge in [0.1, 0.15) is 6.04 Å². The minimum Gasteiger partial charge on any atom is -0.480 e. The van der Waals surface area contributed by atoms with Gasteiger partial charge in [0.25, 0.3) is 0 Å². The summed E-state index contributed by atoms with van der Waals surface area (Å²) in [5.41, 5.74) is 4.42. The third kappa shape index (κ3) is 4.03. The molecule has 0 saturated carbocycles. The summed E-state index contributed by atoms with van der Waals surface area (Å²) in [6.07, 6.45) is 4.58. The predicted molar refractivity (Wildman–Crippen MR) is 116 cm³/mol.